The summed E-state index contributed by atoms with van der Waals surface area (Å²) in [6.07, 6.45) is 1.75. The molecular formula is C18H21N3O3. The molecule has 0 unspecified atom stereocenters. The van der Waals surface area contributed by atoms with Crippen LogP contribution < -0.4 is 5.56 Å². The summed E-state index contributed by atoms with van der Waals surface area (Å²) >= 11 is 0. The minimum Gasteiger partial charge on any atom is -0.394 e. The maximum absolute atomic E-state index is 12.0. The highest BCUT2D eigenvalue weighted by molar-refractivity contribution is 5.81. The Labute approximate surface area is 139 Å². The third-order valence-corrected chi connectivity index (χ3v) is 4.26. The van der Waals surface area contributed by atoms with Gasteiger partial charge in [-0.15, -0.1) is 0 Å². The summed E-state index contributed by atoms with van der Waals surface area (Å²) in [4.78, 5) is 16.6. The molecule has 24 heavy (non-hydrogen) atoms. The zero-order valence-electron chi connectivity index (χ0n) is 14.0. The van der Waals surface area contributed by atoms with Gasteiger partial charge in [0.25, 0.3) is 5.56 Å². The summed E-state index contributed by atoms with van der Waals surface area (Å²) in [6.45, 7) is 3.62. The lowest BCUT2D eigenvalue weighted by Crippen LogP contribution is -2.19. The zero-order chi connectivity index (χ0) is 17.4. The van der Waals surface area contributed by atoms with Gasteiger partial charge in [0.1, 0.15) is 5.82 Å². The lowest BCUT2D eigenvalue weighted by molar-refractivity contribution is 0.242. The first-order chi connectivity index (χ1) is 11.5. The van der Waals surface area contributed by atoms with Crippen LogP contribution in [0.1, 0.15) is 24.1 Å². The number of hydrogen-bond acceptors (Lipinski definition) is 4. The first-order valence-corrected chi connectivity index (χ1v) is 7.86. The summed E-state index contributed by atoms with van der Waals surface area (Å²) in [5.74, 6) is 0.695. The number of aromatic nitrogens is 3. The molecule has 0 fully saturated rings. The highest BCUT2D eigenvalue weighted by atomic mass is 16.3. The van der Waals surface area contributed by atoms with Gasteiger partial charge < -0.3 is 19.3 Å². The molecule has 126 valence electrons. The van der Waals surface area contributed by atoms with Gasteiger partial charge in [-0.25, -0.2) is 4.98 Å². The zero-order valence-corrected chi connectivity index (χ0v) is 14.0. The van der Waals surface area contributed by atoms with Crippen molar-refractivity contribution in [3.05, 3.63) is 51.9 Å². The summed E-state index contributed by atoms with van der Waals surface area (Å²) in [7, 11) is 1.71. The molecule has 0 saturated heterocycles. The number of aliphatic hydroxyl groups is 2. The highest BCUT2D eigenvalue weighted by Crippen LogP contribution is 2.29. The fourth-order valence-corrected chi connectivity index (χ4v) is 2.97. The van der Waals surface area contributed by atoms with Crippen LogP contribution in [0.5, 0.6) is 0 Å². The van der Waals surface area contributed by atoms with Crippen molar-refractivity contribution in [2.45, 2.75) is 26.5 Å². The maximum atomic E-state index is 12.0. The van der Waals surface area contributed by atoms with Gasteiger partial charge in [0.15, 0.2) is 0 Å². The van der Waals surface area contributed by atoms with E-state index in [-0.39, 0.29) is 24.8 Å². The number of imidazole rings is 1. The molecule has 0 radical (unpaired) electrons. The van der Waals surface area contributed by atoms with Crippen LogP contribution in [0, 0.1) is 6.92 Å². The molecule has 3 rings (SSSR count). The van der Waals surface area contributed by atoms with Gasteiger partial charge in [-0.1, -0.05) is 6.07 Å². The normalized spacial score (nSPS) is 12.7. The molecule has 3 aromatic rings. The summed E-state index contributed by atoms with van der Waals surface area (Å²) in [6, 6.07) is 7.24. The molecular weight excluding hydrogens is 306 g/mol. The van der Waals surface area contributed by atoms with Crippen molar-refractivity contribution in [2.24, 2.45) is 7.05 Å². The molecule has 2 heterocycles. The van der Waals surface area contributed by atoms with Crippen molar-refractivity contribution in [2.75, 3.05) is 6.61 Å². The second-order valence-corrected chi connectivity index (χ2v) is 6.15. The average molecular weight is 327 g/mol. The van der Waals surface area contributed by atoms with Gasteiger partial charge in [0.2, 0.25) is 0 Å². The van der Waals surface area contributed by atoms with Crippen LogP contribution in [-0.4, -0.2) is 30.9 Å². The van der Waals surface area contributed by atoms with E-state index >= 15 is 0 Å². The van der Waals surface area contributed by atoms with Crippen molar-refractivity contribution in [3.8, 4) is 11.4 Å². The fraction of sp³-hybridized carbons (Fsp3) is 0.333. The molecule has 6 heteroatoms. The van der Waals surface area contributed by atoms with Crippen molar-refractivity contribution in [1.29, 1.82) is 0 Å². The Balaban J connectivity index is 2.32. The second kappa shape index (κ2) is 6.22. The average Bonchev–Trinajstić information content (AvgIpc) is 2.96. The Kier molecular flexibility index (Phi) is 4.26. The Morgan fingerprint density at radius 2 is 2.00 bits per heavy atom. The number of aliphatic hydroxyl groups excluding tert-OH is 2. The first-order valence-electron chi connectivity index (χ1n) is 7.86. The molecule has 1 atom stereocenters. The minimum atomic E-state index is -0.164. The van der Waals surface area contributed by atoms with Gasteiger partial charge in [-0.3, -0.25) is 4.79 Å². The van der Waals surface area contributed by atoms with Crippen LogP contribution in [0.15, 0.2) is 35.3 Å². The van der Waals surface area contributed by atoms with E-state index < -0.39 is 0 Å². The molecule has 0 aliphatic rings. The quantitative estimate of drug-likeness (QED) is 0.765. The van der Waals surface area contributed by atoms with E-state index in [1.807, 2.05) is 35.8 Å². The molecule has 0 aliphatic carbocycles. The van der Waals surface area contributed by atoms with E-state index in [1.54, 1.807) is 20.2 Å². The molecule has 0 saturated carbocycles. The third-order valence-electron chi connectivity index (χ3n) is 4.26. The smallest absolute Gasteiger partial charge is 0.253 e. The largest absolute Gasteiger partial charge is 0.394 e. The highest BCUT2D eigenvalue weighted by Gasteiger charge is 2.18. The van der Waals surface area contributed by atoms with Gasteiger partial charge in [-0.05, 0) is 37.6 Å². The number of benzene rings is 1. The molecule has 0 bridgehead atoms. The van der Waals surface area contributed by atoms with Crippen LogP contribution in [0.25, 0.3) is 22.4 Å². The molecule has 0 amide bonds. The number of nitrogens with zero attached hydrogens (tertiary/aromatic N) is 3. The molecule has 0 aliphatic heterocycles. The van der Waals surface area contributed by atoms with Crippen molar-refractivity contribution in [3.63, 3.8) is 0 Å². The lowest BCUT2D eigenvalue weighted by Gasteiger charge is -2.16. The van der Waals surface area contributed by atoms with E-state index in [2.05, 4.69) is 0 Å². The molecule has 2 aromatic heterocycles. The summed E-state index contributed by atoms with van der Waals surface area (Å²) < 4.78 is 3.51. The Bertz CT molecular complexity index is 930. The SMILES string of the molecule is Cc1cc(-c2nc3cc(CO)ccc3n2[C@H](C)CO)cn(C)c1=O. The van der Waals surface area contributed by atoms with E-state index in [1.165, 1.54) is 4.57 Å². The topological polar surface area (TPSA) is 80.3 Å². The van der Waals surface area contributed by atoms with Crippen LogP contribution in [0.3, 0.4) is 0 Å². The lowest BCUT2D eigenvalue weighted by atomic mass is 10.2. The third kappa shape index (κ3) is 2.64. The summed E-state index contributed by atoms with van der Waals surface area (Å²) in [5.41, 5.74) is 3.84. The second-order valence-electron chi connectivity index (χ2n) is 6.15. The van der Waals surface area contributed by atoms with Gasteiger partial charge in [-0.2, -0.15) is 0 Å². The molecule has 6 nitrogen and oxygen atoms in total. The van der Waals surface area contributed by atoms with Gasteiger partial charge in [0, 0.05) is 24.4 Å². The summed E-state index contributed by atoms with van der Waals surface area (Å²) in [5, 5.41) is 19.0. The number of aryl methyl sites for hydroxylation is 2. The van der Waals surface area contributed by atoms with Crippen molar-refractivity contribution >= 4 is 11.0 Å². The predicted molar refractivity (Wildman–Crippen MR) is 92.9 cm³/mol. The van der Waals surface area contributed by atoms with Crippen LogP contribution in [0.2, 0.25) is 0 Å². The Morgan fingerprint density at radius 1 is 1.25 bits per heavy atom. The van der Waals surface area contributed by atoms with E-state index in [0.717, 1.165) is 22.2 Å². The number of rotatable bonds is 4. The fourth-order valence-electron chi connectivity index (χ4n) is 2.97. The molecule has 0 spiro atoms. The number of pyridine rings is 1. The standard InChI is InChI=1S/C18H21N3O3/c1-11-6-14(8-20(3)18(11)24)17-19-15-7-13(10-23)4-5-16(15)21(17)12(2)9-22/h4-8,12,22-23H,9-10H2,1-3H3/t12-/m1/s1. The molecule has 2 N–H and O–H groups in total. The van der Waals surface area contributed by atoms with Crippen molar-refractivity contribution < 1.29 is 10.2 Å². The van der Waals surface area contributed by atoms with Crippen LogP contribution >= 0.6 is 0 Å². The van der Waals surface area contributed by atoms with E-state index in [4.69, 9.17) is 4.98 Å². The van der Waals surface area contributed by atoms with Crippen LogP contribution in [-0.2, 0) is 13.7 Å². The van der Waals surface area contributed by atoms with Crippen molar-refractivity contribution in [1.82, 2.24) is 14.1 Å². The first kappa shape index (κ1) is 16.4. The Morgan fingerprint density at radius 3 is 2.62 bits per heavy atom. The number of fused-ring (bicyclic) bond motifs is 1. The number of hydrogen-bond donors (Lipinski definition) is 2. The molecule has 1 aromatic carbocycles. The monoisotopic (exact) mass is 327 g/mol. The van der Waals surface area contributed by atoms with E-state index in [0.29, 0.717) is 11.4 Å². The van der Waals surface area contributed by atoms with Gasteiger partial charge in [0.05, 0.1) is 30.3 Å². The minimum absolute atomic E-state index is 0.0229. The van der Waals surface area contributed by atoms with Crippen LogP contribution in [0.4, 0.5) is 0 Å². The maximum Gasteiger partial charge on any atom is 0.253 e. The van der Waals surface area contributed by atoms with Gasteiger partial charge >= 0.3 is 0 Å². The predicted octanol–water partition coefficient (Wildman–Crippen LogP) is 1.76. The Hall–Kier alpha value is -2.44. The van der Waals surface area contributed by atoms with E-state index in [9.17, 15) is 15.0 Å².